The van der Waals surface area contributed by atoms with Crippen LogP contribution in [0.15, 0.2) is 83.5 Å². The maximum Gasteiger partial charge on any atom is 0.152 e. The SMILES string of the molecule is N#Cc1c(-c2ccc(Oc3ccccc3)cc2)cc(-c2ccco2)nc1N. The second-order valence-electron chi connectivity index (χ2n) is 5.84. The van der Waals surface area contributed by atoms with E-state index in [0.717, 1.165) is 11.3 Å². The topological polar surface area (TPSA) is 85.1 Å². The predicted molar refractivity (Wildman–Crippen MR) is 103 cm³/mol. The van der Waals surface area contributed by atoms with Gasteiger partial charge in [0.15, 0.2) is 5.76 Å². The number of furan rings is 1. The van der Waals surface area contributed by atoms with Crippen LogP contribution in [-0.4, -0.2) is 4.98 Å². The van der Waals surface area contributed by atoms with E-state index in [0.29, 0.717) is 28.3 Å². The number of pyridine rings is 1. The molecule has 0 aliphatic carbocycles. The normalized spacial score (nSPS) is 10.3. The van der Waals surface area contributed by atoms with Crippen LogP contribution in [-0.2, 0) is 0 Å². The largest absolute Gasteiger partial charge is 0.463 e. The van der Waals surface area contributed by atoms with Gasteiger partial charge in [-0.05, 0) is 48.0 Å². The molecular formula is C22H15N3O2. The van der Waals surface area contributed by atoms with E-state index in [2.05, 4.69) is 11.1 Å². The number of hydrogen-bond donors (Lipinski definition) is 1. The molecule has 5 nitrogen and oxygen atoms in total. The van der Waals surface area contributed by atoms with E-state index < -0.39 is 0 Å². The number of para-hydroxylation sites is 1. The van der Waals surface area contributed by atoms with E-state index in [1.54, 1.807) is 24.5 Å². The van der Waals surface area contributed by atoms with Gasteiger partial charge in [-0.25, -0.2) is 4.98 Å². The van der Waals surface area contributed by atoms with Crippen LogP contribution in [0.1, 0.15) is 5.56 Å². The van der Waals surface area contributed by atoms with Gasteiger partial charge in [0.1, 0.15) is 34.6 Å². The lowest BCUT2D eigenvalue weighted by molar-refractivity contribution is 0.483. The van der Waals surface area contributed by atoms with Gasteiger partial charge in [-0.1, -0.05) is 30.3 Å². The fourth-order valence-corrected chi connectivity index (χ4v) is 2.79. The highest BCUT2D eigenvalue weighted by Crippen LogP contribution is 2.32. The molecule has 2 heterocycles. The summed E-state index contributed by atoms with van der Waals surface area (Å²) in [4.78, 5) is 4.28. The minimum atomic E-state index is 0.172. The second kappa shape index (κ2) is 7.06. The Morgan fingerprint density at radius 1 is 0.926 bits per heavy atom. The lowest BCUT2D eigenvalue weighted by atomic mass is 9.99. The van der Waals surface area contributed by atoms with Gasteiger partial charge in [-0.15, -0.1) is 0 Å². The fraction of sp³-hybridized carbons (Fsp3) is 0. The summed E-state index contributed by atoms with van der Waals surface area (Å²) in [5, 5.41) is 9.51. The molecule has 2 N–H and O–H groups in total. The Bertz CT molecular complexity index is 1100. The Morgan fingerprint density at radius 3 is 2.33 bits per heavy atom. The van der Waals surface area contributed by atoms with Crippen LogP contribution in [0, 0.1) is 11.3 Å². The van der Waals surface area contributed by atoms with Crippen molar-refractivity contribution in [2.75, 3.05) is 5.73 Å². The molecule has 0 atom stereocenters. The lowest BCUT2D eigenvalue weighted by Gasteiger charge is -2.10. The van der Waals surface area contributed by atoms with E-state index in [4.69, 9.17) is 14.9 Å². The van der Waals surface area contributed by atoms with Gasteiger partial charge in [0.25, 0.3) is 0 Å². The number of benzene rings is 2. The van der Waals surface area contributed by atoms with Crippen LogP contribution >= 0.6 is 0 Å². The third kappa shape index (κ3) is 3.37. The summed E-state index contributed by atoms with van der Waals surface area (Å²) in [6.07, 6.45) is 1.57. The van der Waals surface area contributed by atoms with Crippen molar-refractivity contribution in [3.05, 3.63) is 84.6 Å². The Hall–Kier alpha value is -4.04. The molecule has 2 aromatic carbocycles. The average Bonchev–Trinajstić information content (AvgIpc) is 3.24. The van der Waals surface area contributed by atoms with E-state index in [1.807, 2.05) is 54.6 Å². The molecule has 27 heavy (non-hydrogen) atoms. The summed E-state index contributed by atoms with van der Waals surface area (Å²) in [5.74, 6) is 2.23. The Kier molecular flexibility index (Phi) is 4.30. The molecule has 2 aromatic heterocycles. The van der Waals surface area contributed by atoms with Gasteiger partial charge in [-0.3, -0.25) is 0 Å². The molecular weight excluding hydrogens is 338 g/mol. The second-order valence-corrected chi connectivity index (χ2v) is 5.84. The first kappa shape index (κ1) is 16.4. The molecule has 0 amide bonds. The molecule has 0 unspecified atom stereocenters. The number of nitriles is 1. The number of nitrogen functional groups attached to an aromatic ring is 1. The molecule has 4 aromatic rings. The first-order valence-electron chi connectivity index (χ1n) is 8.32. The molecule has 0 aliphatic heterocycles. The number of ether oxygens (including phenoxy) is 1. The van der Waals surface area contributed by atoms with Gasteiger partial charge < -0.3 is 14.9 Å². The molecule has 0 fully saturated rings. The number of nitrogens with zero attached hydrogens (tertiary/aromatic N) is 2. The number of anilines is 1. The van der Waals surface area contributed by atoms with E-state index in [1.165, 1.54) is 0 Å². The van der Waals surface area contributed by atoms with Crippen LogP contribution in [0.2, 0.25) is 0 Å². The summed E-state index contributed by atoms with van der Waals surface area (Å²) in [5.41, 5.74) is 8.46. The highest BCUT2D eigenvalue weighted by molar-refractivity contribution is 5.79. The van der Waals surface area contributed by atoms with Crippen LogP contribution < -0.4 is 10.5 Å². The van der Waals surface area contributed by atoms with Crippen LogP contribution in [0.25, 0.3) is 22.6 Å². The average molecular weight is 353 g/mol. The molecule has 0 saturated carbocycles. The van der Waals surface area contributed by atoms with Crippen molar-refractivity contribution in [1.29, 1.82) is 5.26 Å². The smallest absolute Gasteiger partial charge is 0.152 e. The fourth-order valence-electron chi connectivity index (χ4n) is 2.79. The Balaban J connectivity index is 1.71. The molecule has 4 rings (SSSR count). The van der Waals surface area contributed by atoms with Gasteiger partial charge in [-0.2, -0.15) is 5.26 Å². The molecule has 0 radical (unpaired) electrons. The minimum Gasteiger partial charge on any atom is -0.463 e. The van der Waals surface area contributed by atoms with Crippen molar-refractivity contribution in [2.24, 2.45) is 0 Å². The lowest BCUT2D eigenvalue weighted by Crippen LogP contribution is -1.99. The monoisotopic (exact) mass is 353 g/mol. The van der Waals surface area contributed by atoms with Gasteiger partial charge in [0.2, 0.25) is 0 Å². The summed E-state index contributed by atoms with van der Waals surface area (Å²) < 4.78 is 11.2. The predicted octanol–water partition coefficient (Wildman–Crippen LogP) is 5.25. The third-order valence-corrected chi connectivity index (χ3v) is 4.08. The molecule has 130 valence electrons. The maximum absolute atomic E-state index is 9.51. The van der Waals surface area contributed by atoms with Crippen LogP contribution in [0.4, 0.5) is 5.82 Å². The molecule has 0 saturated heterocycles. The number of hydrogen-bond acceptors (Lipinski definition) is 5. The number of nitrogens with two attached hydrogens (primary N) is 1. The zero-order valence-corrected chi connectivity index (χ0v) is 14.3. The third-order valence-electron chi connectivity index (χ3n) is 4.08. The van der Waals surface area contributed by atoms with Gasteiger partial charge >= 0.3 is 0 Å². The zero-order valence-electron chi connectivity index (χ0n) is 14.3. The zero-order chi connectivity index (χ0) is 18.6. The summed E-state index contributed by atoms with van der Waals surface area (Å²) in [6, 6.07) is 24.6. The molecule has 0 bridgehead atoms. The highest BCUT2D eigenvalue weighted by atomic mass is 16.5. The van der Waals surface area contributed by atoms with Gasteiger partial charge in [0.05, 0.1) is 6.26 Å². The van der Waals surface area contributed by atoms with Crippen molar-refractivity contribution >= 4 is 5.82 Å². The first-order chi connectivity index (χ1) is 13.2. The highest BCUT2D eigenvalue weighted by Gasteiger charge is 2.14. The summed E-state index contributed by atoms with van der Waals surface area (Å²) >= 11 is 0. The summed E-state index contributed by atoms with van der Waals surface area (Å²) in [7, 11) is 0. The molecule has 0 aliphatic rings. The van der Waals surface area contributed by atoms with E-state index in [9.17, 15) is 5.26 Å². The van der Waals surface area contributed by atoms with Crippen molar-refractivity contribution in [3.8, 4) is 40.1 Å². The summed E-state index contributed by atoms with van der Waals surface area (Å²) in [6.45, 7) is 0. The standard InChI is InChI=1S/C22H15N3O2/c23-14-19-18(13-20(25-22(19)24)21-7-4-12-26-21)15-8-10-17(11-9-15)27-16-5-2-1-3-6-16/h1-13H,(H2,24,25). The Morgan fingerprint density at radius 2 is 1.67 bits per heavy atom. The van der Waals surface area contributed by atoms with E-state index >= 15 is 0 Å². The minimum absolute atomic E-state index is 0.172. The Labute approximate surface area is 156 Å². The molecule has 0 spiro atoms. The van der Waals surface area contributed by atoms with Crippen LogP contribution in [0.5, 0.6) is 11.5 Å². The van der Waals surface area contributed by atoms with Crippen molar-refractivity contribution in [3.63, 3.8) is 0 Å². The van der Waals surface area contributed by atoms with Crippen molar-refractivity contribution in [1.82, 2.24) is 4.98 Å². The number of aromatic nitrogens is 1. The molecule has 5 heteroatoms. The quantitative estimate of drug-likeness (QED) is 0.541. The number of rotatable bonds is 4. The first-order valence-corrected chi connectivity index (χ1v) is 8.32. The van der Waals surface area contributed by atoms with E-state index in [-0.39, 0.29) is 5.82 Å². The van der Waals surface area contributed by atoms with Crippen LogP contribution in [0.3, 0.4) is 0 Å². The van der Waals surface area contributed by atoms with Crippen molar-refractivity contribution in [2.45, 2.75) is 0 Å². The maximum atomic E-state index is 9.51. The van der Waals surface area contributed by atoms with Gasteiger partial charge in [0, 0.05) is 5.56 Å². The van der Waals surface area contributed by atoms with Crippen molar-refractivity contribution < 1.29 is 9.15 Å².